The molecule has 0 radical (unpaired) electrons. The molecule has 1 unspecified atom stereocenters. The highest BCUT2D eigenvalue weighted by Crippen LogP contribution is 2.29. The molecule has 6 heteroatoms. The van der Waals surface area contributed by atoms with Crippen LogP contribution in [0.2, 0.25) is 0 Å². The topological polar surface area (TPSA) is 58.6 Å². The number of rotatable bonds is 4. The summed E-state index contributed by atoms with van der Waals surface area (Å²) >= 11 is 0. The summed E-state index contributed by atoms with van der Waals surface area (Å²) in [4.78, 5) is 0.387. The number of methoxy groups -OCH3 is 1. The Hall–Kier alpha value is -1.11. The van der Waals surface area contributed by atoms with E-state index < -0.39 is 10.0 Å². The Balaban J connectivity index is 2.38. The summed E-state index contributed by atoms with van der Waals surface area (Å²) in [6.07, 6.45) is 1.90. The minimum absolute atomic E-state index is 0.230. The van der Waals surface area contributed by atoms with E-state index in [1.807, 2.05) is 20.9 Å². The molecule has 1 aromatic carbocycles. The Bertz CT molecular complexity index is 614. The van der Waals surface area contributed by atoms with Gasteiger partial charge in [0.2, 0.25) is 10.0 Å². The number of nitrogens with zero attached hydrogens (tertiary/aromatic N) is 1. The largest absolute Gasteiger partial charge is 0.496 e. The second-order valence-corrected chi connectivity index (χ2v) is 7.41. The molecule has 1 N–H and O–H groups in total. The fourth-order valence-corrected chi connectivity index (χ4v) is 4.61. The van der Waals surface area contributed by atoms with Crippen molar-refractivity contribution in [2.45, 2.75) is 37.6 Å². The molecule has 0 aliphatic carbocycles. The van der Waals surface area contributed by atoms with Crippen LogP contribution < -0.4 is 10.1 Å². The Morgan fingerprint density at radius 3 is 2.62 bits per heavy atom. The summed E-state index contributed by atoms with van der Waals surface area (Å²) < 4.78 is 32.6. The number of hydrogen-bond acceptors (Lipinski definition) is 4. The SMILES string of the molecule is CNC1CCCN(S(=O)(=O)c2ccc(OC)c(C)c2C)C1. The zero-order valence-electron chi connectivity index (χ0n) is 13.1. The van der Waals surface area contributed by atoms with E-state index in [1.54, 1.807) is 23.5 Å². The highest BCUT2D eigenvalue weighted by molar-refractivity contribution is 7.89. The molecule has 0 amide bonds. The molecule has 118 valence electrons. The van der Waals surface area contributed by atoms with Crippen molar-refractivity contribution in [2.24, 2.45) is 0 Å². The third-order valence-corrected chi connectivity index (χ3v) is 6.33. The fourth-order valence-electron chi connectivity index (χ4n) is 2.81. The first-order valence-corrected chi connectivity index (χ1v) is 8.67. The minimum atomic E-state index is -3.45. The molecule has 0 spiro atoms. The van der Waals surface area contributed by atoms with Gasteiger partial charge in [0.15, 0.2) is 0 Å². The van der Waals surface area contributed by atoms with Gasteiger partial charge in [-0.05, 0) is 57.0 Å². The molecule has 0 saturated carbocycles. The van der Waals surface area contributed by atoms with E-state index in [1.165, 1.54) is 0 Å². The van der Waals surface area contributed by atoms with Gasteiger partial charge in [0, 0.05) is 19.1 Å². The quantitative estimate of drug-likeness (QED) is 0.919. The van der Waals surface area contributed by atoms with E-state index in [2.05, 4.69) is 5.32 Å². The van der Waals surface area contributed by atoms with Crippen LogP contribution in [0.5, 0.6) is 5.75 Å². The molecule has 1 aromatic rings. The molecule has 1 aliphatic rings. The van der Waals surface area contributed by atoms with E-state index in [4.69, 9.17) is 4.74 Å². The summed E-state index contributed by atoms with van der Waals surface area (Å²) in [6.45, 7) is 4.85. The third-order valence-electron chi connectivity index (χ3n) is 4.32. The van der Waals surface area contributed by atoms with Crippen molar-refractivity contribution in [2.75, 3.05) is 27.2 Å². The molecule has 2 rings (SSSR count). The van der Waals surface area contributed by atoms with Crippen molar-refractivity contribution in [3.63, 3.8) is 0 Å². The smallest absolute Gasteiger partial charge is 0.243 e. The summed E-state index contributed by atoms with van der Waals surface area (Å²) in [7, 11) is 0.0285. The van der Waals surface area contributed by atoms with E-state index in [0.717, 1.165) is 29.7 Å². The lowest BCUT2D eigenvalue weighted by Gasteiger charge is -2.32. The number of nitrogens with one attached hydrogen (secondary N) is 1. The van der Waals surface area contributed by atoms with E-state index in [0.29, 0.717) is 18.0 Å². The van der Waals surface area contributed by atoms with E-state index >= 15 is 0 Å². The Labute approximate surface area is 127 Å². The highest BCUT2D eigenvalue weighted by atomic mass is 32.2. The normalized spacial score (nSPS) is 20.5. The molecule has 1 fully saturated rings. The Morgan fingerprint density at radius 2 is 2.00 bits per heavy atom. The maximum atomic E-state index is 12.9. The summed E-state index contributed by atoms with van der Waals surface area (Å²) in [5, 5.41) is 3.18. The molecule has 5 nitrogen and oxygen atoms in total. The van der Waals surface area contributed by atoms with Crippen molar-refractivity contribution >= 4 is 10.0 Å². The van der Waals surface area contributed by atoms with Crippen LogP contribution in [0.15, 0.2) is 17.0 Å². The van der Waals surface area contributed by atoms with Gasteiger partial charge in [-0.25, -0.2) is 8.42 Å². The predicted molar refractivity (Wildman–Crippen MR) is 83.3 cm³/mol. The first-order valence-electron chi connectivity index (χ1n) is 7.23. The monoisotopic (exact) mass is 312 g/mol. The van der Waals surface area contributed by atoms with E-state index in [-0.39, 0.29) is 6.04 Å². The van der Waals surface area contributed by atoms with Crippen LogP contribution in [-0.4, -0.2) is 46.0 Å². The van der Waals surface area contributed by atoms with Gasteiger partial charge in [-0.15, -0.1) is 0 Å². The molecule has 0 bridgehead atoms. The number of piperidine rings is 1. The van der Waals surface area contributed by atoms with Crippen molar-refractivity contribution in [3.8, 4) is 5.75 Å². The number of hydrogen-bond donors (Lipinski definition) is 1. The van der Waals surface area contributed by atoms with Crippen molar-refractivity contribution in [1.29, 1.82) is 0 Å². The highest BCUT2D eigenvalue weighted by Gasteiger charge is 2.31. The first kappa shape index (κ1) is 16.3. The van der Waals surface area contributed by atoms with Gasteiger partial charge < -0.3 is 10.1 Å². The molecule has 1 atom stereocenters. The average molecular weight is 312 g/mol. The standard InChI is InChI=1S/C15H24N2O3S/c1-11-12(2)15(8-7-14(11)20-4)21(18,19)17-9-5-6-13(10-17)16-3/h7-8,13,16H,5-6,9-10H2,1-4H3. The summed E-state index contributed by atoms with van der Waals surface area (Å²) in [6, 6.07) is 3.61. The van der Waals surface area contributed by atoms with Gasteiger partial charge in [0.25, 0.3) is 0 Å². The lowest BCUT2D eigenvalue weighted by Crippen LogP contribution is -2.47. The van der Waals surface area contributed by atoms with Crippen LogP contribution in [0, 0.1) is 13.8 Å². The molecular weight excluding hydrogens is 288 g/mol. The van der Waals surface area contributed by atoms with Gasteiger partial charge in [-0.3, -0.25) is 0 Å². The first-order chi connectivity index (χ1) is 9.91. The second kappa shape index (κ2) is 6.34. The van der Waals surface area contributed by atoms with Crippen LogP contribution in [0.4, 0.5) is 0 Å². The van der Waals surface area contributed by atoms with Gasteiger partial charge in [-0.2, -0.15) is 4.31 Å². The Kier molecular flexibility index (Phi) is 4.91. The fraction of sp³-hybridized carbons (Fsp3) is 0.600. The zero-order valence-corrected chi connectivity index (χ0v) is 14.0. The number of ether oxygens (including phenoxy) is 1. The number of likely N-dealkylation sites (N-methyl/N-ethyl adjacent to an activating group) is 1. The molecule has 1 heterocycles. The van der Waals surface area contributed by atoms with Crippen LogP contribution in [0.3, 0.4) is 0 Å². The molecule has 0 aromatic heterocycles. The van der Waals surface area contributed by atoms with Crippen molar-refractivity contribution < 1.29 is 13.2 Å². The molecule has 1 aliphatic heterocycles. The van der Waals surface area contributed by atoms with Crippen LogP contribution >= 0.6 is 0 Å². The maximum Gasteiger partial charge on any atom is 0.243 e. The maximum absolute atomic E-state index is 12.9. The van der Waals surface area contributed by atoms with Gasteiger partial charge in [0.05, 0.1) is 12.0 Å². The molecular formula is C15H24N2O3S. The summed E-state index contributed by atoms with van der Waals surface area (Å²) in [5.41, 5.74) is 1.64. The van der Waals surface area contributed by atoms with Crippen LogP contribution in [0.1, 0.15) is 24.0 Å². The zero-order chi connectivity index (χ0) is 15.6. The van der Waals surface area contributed by atoms with Gasteiger partial charge in [-0.1, -0.05) is 0 Å². The average Bonchev–Trinajstić information content (AvgIpc) is 2.49. The third kappa shape index (κ3) is 3.07. The van der Waals surface area contributed by atoms with Crippen LogP contribution in [-0.2, 0) is 10.0 Å². The van der Waals surface area contributed by atoms with Crippen LogP contribution in [0.25, 0.3) is 0 Å². The van der Waals surface area contributed by atoms with Gasteiger partial charge in [0.1, 0.15) is 5.75 Å². The second-order valence-electron chi connectivity index (χ2n) is 5.51. The van der Waals surface area contributed by atoms with Crippen molar-refractivity contribution in [1.82, 2.24) is 9.62 Å². The lowest BCUT2D eigenvalue weighted by molar-refractivity contribution is 0.292. The molecule has 21 heavy (non-hydrogen) atoms. The Morgan fingerprint density at radius 1 is 1.29 bits per heavy atom. The lowest BCUT2D eigenvalue weighted by atomic mass is 10.1. The predicted octanol–water partition coefficient (Wildman–Crippen LogP) is 1.68. The minimum Gasteiger partial charge on any atom is -0.496 e. The number of benzene rings is 1. The van der Waals surface area contributed by atoms with E-state index in [9.17, 15) is 8.42 Å². The summed E-state index contributed by atoms with van der Waals surface area (Å²) in [5.74, 6) is 0.721. The number of sulfonamides is 1. The molecule has 1 saturated heterocycles. The van der Waals surface area contributed by atoms with Gasteiger partial charge >= 0.3 is 0 Å². The van der Waals surface area contributed by atoms with Crippen molar-refractivity contribution in [3.05, 3.63) is 23.3 Å².